The molecule has 0 saturated carbocycles. The lowest BCUT2D eigenvalue weighted by molar-refractivity contribution is 0.0701. The van der Waals surface area contributed by atoms with Crippen LogP contribution in [0.4, 0.5) is 0 Å². The molecule has 2 heteroatoms. The van der Waals surface area contributed by atoms with Gasteiger partial charge in [0, 0.05) is 19.1 Å². The van der Waals surface area contributed by atoms with Crippen LogP contribution in [-0.4, -0.2) is 37.1 Å². The monoisotopic (exact) mass is 210 g/mol. The quantitative estimate of drug-likeness (QED) is 0.766. The highest BCUT2D eigenvalue weighted by molar-refractivity contribution is 4.90. The van der Waals surface area contributed by atoms with Gasteiger partial charge < -0.3 is 10.2 Å². The highest BCUT2D eigenvalue weighted by Crippen LogP contribution is 2.28. The van der Waals surface area contributed by atoms with Crippen LogP contribution in [0.15, 0.2) is 0 Å². The minimum absolute atomic E-state index is 0.739. The predicted octanol–water partition coefficient (Wildman–Crippen LogP) is 1.96. The van der Waals surface area contributed by atoms with Gasteiger partial charge in [-0.1, -0.05) is 13.8 Å². The zero-order chi connectivity index (χ0) is 10.8. The average Bonchev–Trinajstić information content (AvgIpc) is 2.21. The van der Waals surface area contributed by atoms with Crippen molar-refractivity contribution in [3.63, 3.8) is 0 Å². The lowest BCUT2D eigenvalue weighted by Crippen LogP contribution is -2.55. The molecule has 0 radical (unpaired) electrons. The van der Waals surface area contributed by atoms with Crippen LogP contribution in [-0.2, 0) is 0 Å². The molecule has 2 fully saturated rings. The first-order valence-corrected chi connectivity index (χ1v) is 6.61. The standard InChI is InChI=1S/C13H26N2/c1-10(2)4-5-15-8-12-6-13(9-15)11(3)14-7-12/h10-14H,4-9H2,1-3H3/t11-,12+,13-/m1/s1. The van der Waals surface area contributed by atoms with Crippen LogP contribution in [0.25, 0.3) is 0 Å². The molecule has 0 aromatic carbocycles. The Balaban J connectivity index is 1.83. The summed E-state index contributed by atoms with van der Waals surface area (Å²) in [4.78, 5) is 2.70. The highest BCUT2D eigenvalue weighted by atomic mass is 15.2. The summed E-state index contributed by atoms with van der Waals surface area (Å²) in [6, 6.07) is 0.739. The van der Waals surface area contributed by atoms with Crippen LogP contribution in [0.1, 0.15) is 33.6 Å². The van der Waals surface area contributed by atoms with Gasteiger partial charge in [-0.3, -0.25) is 0 Å². The molecule has 0 spiro atoms. The second-order valence-electron chi connectivity index (χ2n) is 6.00. The lowest BCUT2D eigenvalue weighted by atomic mass is 9.81. The number of hydrogen-bond donors (Lipinski definition) is 1. The number of rotatable bonds is 3. The molecule has 2 heterocycles. The zero-order valence-corrected chi connectivity index (χ0v) is 10.5. The second kappa shape index (κ2) is 4.84. The molecule has 2 aliphatic rings. The molecule has 88 valence electrons. The molecule has 2 rings (SSSR count). The van der Waals surface area contributed by atoms with Gasteiger partial charge in [-0.25, -0.2) is 0 Å². The van der Waals surface area contributed by atoms with Crippen molar-refractivity contribution in [1.82, 2.24) is 10.2 Å². The number of fused-ring (bicyclic) bond motifs is 2. The number of likely N-dealkylation sites (tertiary alicyclic amines) is 1. The van der Waals surface area contributed by atoms with Crippen molar-refractivity contribution in [2.45, 2.75) is 39.7 Å². The van der Waals surface area contributed by atoms with E-state index in [4.69, 9.17) is 0 Å². The number of nitrogens with one attached hydrogen (secondary N) is 1. The maximum absolute atomic E-state index is 3.64. The summed E-state index contributed by atoms with van der Waals surface area (Å²) in [6.45, 7) is 12.2. The Morgan fingerprint density at radius 3 is 2.87 bits per heavy atom. The normalized spacial score (nSPS) is 37.2. The molecule has 2 bridgehead atoms. The van der Waals surface area contributed by atoms with Gasteiger partial charge >= 0.3 is 0 Å². The van der Waals surface area contributed by atoms with Gasteiger partial charge in [0.15, 0.2) is 0 Å². The third-order valence-electron chi connectivity index (χ3n) is 4.10. The Hall–Kier alpha value is -0.0800. The predicted molar refractivity (Wildman–Crippen MR) is 65.0 cm³/mol. The maximum Gasteiger partial charge on any atom is 0.00794 e. The van der Waals surface area contributed by atoms with E-state index in [0.29, 0.717) is 0 Å². The van der Waals surface area contributed by atoms with Crippen molar-refractivity contribution in [3.8, 4) is 0 Å². The molecule has 0 aromatic rings. The summed E-state index contributed by atoms with van der Waals surface area (Å²) in [7, 11) is 0. The lowest BCUT2D eigenvalue weighted by Gasteiger charge is -2.45. The van der Waals surface area contributed by atoms with E-state index in [2.05, 4.69) is 31.0 Å². The van der Waals surface area contributed by atoms with Gasteiger partial charge in [-0.15, -0.1) is 0 Å². The third-order valence-corrected chi connectivity index (χ3v) is 4.10. The topological polar surface area (TPSA) is 15.3 Å². The van der Waals surface area contributed by atoms with Crippen LogP contribution in [0.2, 0.25) is 0 Å². The molecular weight excluding hydrogens is 184 g/mol. The Morgan fingerprint density at radius 1 is 1.33 bits per heavy atom. The van der Waals surface area contributed by atoms with E-state index in [1.165, 1.54) is 39.0 Å². The smallest absolute Gasteiger partial charge is 0.00794 e. The minimum atomic E-state index is 0.739. The van der Waals surface area contributed by atoms with Crippen molar-refractivity contribution >= 4 is 0 Å². The van der Waals surface area contributed by atoms with E-state index < -0.39 is 0 Å². The van der Waals surface area contributed by atoms with Crippen LogP contribution >= 0.6 is 0 Å². The summed E-state index contributed by atoms with van der Waals surface area (Å²) < 4.78 is 0. The minimum Gasteiger partial charge on any atom is -0.314 e. The van der Waals surface area contributed by atoms with Gasteiger partial charge in [0.25, 0.3) is 0 Å². The van der Waals surface area contributed by atoms with E-state index in [1.807, 2.05) is 0 Å². The molecule has 2 nitrogen and oxygen atoms in total. The molecule has 1 N–H and O–H groups in total. The Labute approximate surface area is 94.4 Å². The molecular formula is C13H26N2. The fourth-order valence-corrected chi connectivity index (χ4v) is 3.00. The SMILES string of the molecule is CC(C)CCN1C[C@@H]2CN[C@H](C)[C@H](C2)C1. The van der Waals surface area contributed by atoms with E-state index in [-0.39, 0.29) is 0 Å². The summed E-state index contributed by atoms with van der Waals surface area (Å²) in [5.41, 5.74) is 0. The van der Waals surface area contributed by atoms with Gasteiger partial charge in [-0.05, 0) is 50.6 Å². The summed E-state index contributed by atoms with van der Waals surface area (Å²) >= 11 is 0. The molecule has 0 unspecified atom stereocenters. The molecule has 2 saturated heterocycles. The molecule has 0 amide bonds. The van der Waals surface area contributed by atoms with Gasteiger partial charge in [0.1, 0.15) is 0 Å². The van der Waals surface area contributed by atoms with Crippen molar-refractivity contribution in [2.75, 3.05) is 26.2 Å². The molecule has 3 atom stereocenters. The zero-order valence-electron chi connectivity index (χ0n) is 10.5. The Morgan fingerprint density at radius 2 is 2.13 bits per heavy atom. The van der Waals surface area contributed by atoms with Crippen LogP contribution in [0, 0.1) is 17.8 Å². The first-order chi connectivity index (χ1) is 7.15. The van der Waals surface area contributed by atoms with Crippen LogP contribution in [0.3, 0.4) is 0 Å². The highest BCUT2D eigenvalue weighted by Gasteiger charge is 2.33. The van der Waals surface area contributed by atoms with Crippen molar-refractivity contribution in [1.29, 1.82) is 0 Å². The van der Waals surface area contributed by atoms with Gasteiger partial charge in [0.05, 0.1) is 0 Å². The summed E-state index contributed by atoms with van der Waals surface area (Å²) in [5.74, 6) is 2.68. The van der Waals surface area contributed by atoms with Crippen LogP contribution in [0.5, 0.6) is 0 Å². The average molecular weight is 210 g/mol. The Bertz CT molecular complexity index is 203. The molecule has 15 heavy (non-hydrogen) atoms. The maximum atomic E-state index is 3.64. The second-order valence-corrected chi connectivity index (χ2v) is 6.00. The summed E-state index contributed by atoms with van der Waals surface area (Å²) in [6.07, 6.45) is 2.83. The van der Waals surface area contributed by atoms with Crippen LogP contribution < -0.4 is 5.32 Å². The van der Waals surface area contributed by atoms with Crippen molar-refractivity contribution < 1.29 is 0 Å². The summed E-state index contributed by atoms with van der Waals surface area (Å²) in [5, 5.41) is 3.64. The fraction of sp³-hybridized carbons (Fsp3) is 1.00. The fourth-order valence-electron chi connectivity index (χ4n) is 3.00. The van der Waals surface area contributed by atoms with E-state index in [0.717, 1.165) is 23.8 Å². The van der Waals surface area contributed by atoms with Gasteiger partial charge in [-0.2, -0.15) is 0 Å². The van der Waals surface area contributed by atoms with E-state index in [9.17, 15) is 0 Å². The third kappa shape index (κ3) is 2.94. The number of nitrogens with zero attached hydrogens (tertiary/aromatic N) is 1. The first-order valence-electron chi connectivity index (χ1n) is 6.61. The Kier molecular flexibility index (Phi) is 3.68. The largest absolute Gasteiger partial charge is 0.314 e. The van der Waals surface area contributed by atoms with Gasteiger partial charge in [0.2, 0.25) is 0 Å². The first kappa shape index (κ1) is 11.4. The van der Waals surface area contributed by atoms with E-state index in [1.54, 1.807) is 0 Å². The molecule has 2 aliphatic heterocycles. The number of piperidine rings is 2. The number of hydrogen-bond acceptors (Lipinski definition) is 2. The molecule has 0 aromatic heterocycles. The van der Waals surface area contributed by atoms with E-state index >= 15 is 0 Å². The van der Waals surface area contributed by atoms with Crippen molar-refractivity contribution in [2.24, 2.45) is 17.8 Å². The molecule has 0 aliphatic carbocycles. The van der Waals surface area contributed by atoms with Crippen molar-refractivity contribution in [3.05, 3.63) is 0 Å².